The Balaban J connectivity index is 1.60. The third kappa shape index (κ3) is 2.87. The highest BCUT2D eigenvalue weighted by molar-refractivity contribution is 7.19. The van der Waals surface area contributed by atoms with E-state index in [1.54, 1.807) is 18.4 Å². The number of rotatable bonds is 3. The number of hydrogen-bond acceptors (Lipinski definition) is 5. The first kappa shape index (κ1) is 14.1. The standard InChI is InChI=1S/C18H15NO3S/c1-20-13-4-5-14-17(11-13)23-18(19-14)7-3-12-2-6-15-16(10-12)22-9-8-21-15/h2-7,10-11H,8-9H2,1H3. The Morgan fingerprint density at radius 2 is 1.91 bits per heavy atom. The van der Waals surface area contributed by atoms with E-state index >= 15 is 0 Å². The van der Waals surface area contributed by atoms with Crippen LogP contribution in [0.2, 0.25) is 0 Å². The van der Waals surface area contributed by atoms with Gasteiger partial charge in [-0.2, -0.15) is 0 Å². The molecule has 0 N–H and O–H groups in total. The highest BCUT2D eigenvalue weighted by atomic mass is 32.1. The highest BCUT2D eigenvalue weighted by Crippen LogP contribution is 2.32. The second-order valence-electron chi connectivity index (χ2n) is 5.12. The Morgan fingerprint density at radius 1 is 1.04 bits per heavy atom. The number of nitrogens with zero attached hydrogens (tertiary/aromatic N) is 1. The molecule has 23 heavy (non-hydrogen) atoms. The van der Waals surface area contributed by atoms with Crippen LogP contribution in [0, 0.1) is 0 Å². The molecule has 4 rings (SSSR count). The zero-order valence-electron chi connectivity index (χ0n) is 12.6. The second kappa shape index (κ2) is 5.93. The summed E-state index contributed by atoms with van der Waals surface area (Å²) in [5.41, 5.74) is 2.05. The summed E-state index contributed by atoms with van der Waals surface area (Å²) in [7, 11) is 1.67. The highest BCUT2D eigenvalue weighted by Gasteiger charge is 2.10. The van der Waals surface area contributed by atoms with Gasteiger partial charge in [0.15, 0.2) is 11.5 Å². The average molecular weight is 325 g/mol. The molecule has 0 amide bonds. The molecule has 0 unspecified atom stereocenters. The van der Waals surface area contributed by atoms with Crippen LogP contribution >= 0.6 is 11.3 Å². The fraction of sp³-hybridized carbons (Fsp3) is 0.167. The molecule has 2 heterocycles. The molecule has 1 aliphatic heterocycles. The van der Waals surface area contributed by atoms with Gasteiger partial charge in [0.25, 0.3) is 0 Å². The molecular formula is C18H15NO3S. The average Bonchev–Trinajstić information content (AvgIpc) is 3.01. The van der Waals surface area contributed by atoms with E-state index in [2.05, 4.69) is 4.98 Å². The van der Waals surface area contributed by atoms with Crippen molar-refractivity contribution in [2.45, 2.75) is 0 Å². The Kier molecular flexibility index (Phi) is 3.63. The fourth-order valence-corrected chi connectivity index (χ4v) is 3.35. The van der Waals surface area contributed by atoms with Crippen LogP contribution < -0.4 is 14.2 Å². The lowest BCUT2D eigenvalue weighted by Crippen LogP contribution is -2.15. The zero-order valence-corrected chi connectivity index (χ0v) is 13.4. The van der Waals surface area contributed by atoms with Crippen LogP contribution in [-0.4, -0.2) is 25.3 Å². The van der Waals surface area contributed by atoms with E-state index in [4.69, 9.17) is 14.2 Å². The van der Waals surface area contributed by atoms with Crippen molar-refractivity contribution in [1.82, 2.24) is 4.98 Å². The minimum absolute atomic E-state index is 0.597. The van der Waals surface area contributed by atoms with Crippen LogP contribution in [0.25, 0.3) is 22.4 Å². The van der Waals surface area contributed by atoms with Gasteiger partial charge in [0.05, 0.1) is 17.3 Å². The van der Waals surface area contributed by atoms with Gasteiger partial charge in [-0.3, -0.25) is 0 Å². The molecule has 0 spiro atoms. The molecule has 0 radical (unpaired) electrons. The number of ether oxygens (including phenoxy) is 3. The summed E-state index contributed by atoms with van der Waals surface area (Å²) >= 11 is 1.64. The van der Waals surface area contributed by atoms with Crippen LogP contribution in [0.5, 0.6) is 17.2 Å². The minimum Gasteiger partial charge on any atom is -0.497 e. The van der Waals surface area contributed by atoms with Gasteiger partial charge < -0.3 is 14.2 Å². The van der Waals surface area contributed by atoms with Gasteiger partial charge in [0.1, 0.15) is 24.0 Å². The Labute approximate surface area is 138 Å². The minimum atomic E-state index is 0.597. The lowest BCUT2D eigenvalue weighted by Gasteiger charge is -2.18. The van der Waals surface area contributed by atoms with Crippen molar-refractivity contribution in [2.75, 3.05) is 20.3 Å². The van der Waals surface area contributed by atoms with Crippen LogP contribution in [-0.2, 0) is 0 Å². The maximum Gasteiger partial charge on any atom is 0.161 e. The van der Waals surface area contributed by atoms with Crippen molar-refractivity contribution in [3.05, 3.63) is 47.0 Å². The van der Waals surface area contributed by atoms with E-state index in [-0.39, 0.29) is 0 Å². The summed E-state index contributed by atoms with van der Waals surface area (Å²) in [6.45, 7) is 1.21. The Hall–Kier alpha value is -2.53. The summed E-state index contributed by atoms with van der Waals surface area (Å²) < 4.78 is 17.5. The van der Waals surface area contributed by atoms with Crippen LogP contribution in [0.1, 0.15) is 10.6 Å². The monoisotopic (exact) mass is 325 g/mol. The Morgan fingerprint density at radius 3 is 2.78 bits per heavy atom. The largest absolute Gasteiger partial charge is 0.497 e. The van der Waals surface area contributed by atoms with Gasteiger partial charge in [-0.05, 0) is 42.0 Å². The first-order chi connectivity index (χ1) is 11.3. The van der Waals surface area contributed by atoms with E-state index in [0.717, 1.165) is 38.0 Å². The molecule has 5 heteroatoms. The third-order valence-electron chi connectivity index (χ3n) is 3.60. The maximum atomic E-state index is 5.60. The van der Waals surface area contributed by atoms with Crippen molar-refractivity contribution < 1.29 is 14.2 Å². The summed E-state index contributed by atoms with van der Waals surface area (Å²) in [5, 5.41) is 0.961. The summed E-state index contributed by atoms with van der Waals surface area (Å²) in [4.78, 5) is 4.61. The molecule has 0 aliphatic carbocycles. The van der Waals surface area contributed by atoms with Gasteiger partial charge in [-0.15, -0.1) is 11.3 Å². The van der Waals surface area contributed by atoms with Crippen molar-refractivity contribution in [1.29, 1.82) is 0 Å². The Bertz CT molecular complexity index is 885. The molecule has 116 valence electrons. The number of thiazole rings is 1. The molecule has 2 aromatic carbocycles. The van der Waals surface area contributed by atoms with Crippen LogP contribution in [0.3, 0.4) is 0 Å². The summed E-state index contributed by atoms with van der Waals surface area (Å²) in [5.74, 6) is 2.46. The quantitative estimate of drug-likeness (QED) is 0.722. The van der Waals surface area contributed by atoms with Crippen molar-refractivity contribution in [3.63, 3.8) is 0 Å². The first-order valence-electron chi connectivity index (χ1n) is 7.34. The maximum absolute atomic E-state index is 5.60. The predicted octanol–water partition coefficient (Wildman–Crippen LogP) is 4.25. The molecule has 0 fully saturated rings. The van der Waals surface area contributed by atoms with Gasteiger partial charge >= 0.3 is 0 Å². The van der Waals surface area contributed by atoms with Crippen LogP contribution in [0.15, 0.2) is 36.4 Å². The van der Waals surface area contributed by atoms with Gasteiger partial charge in [0, 0.05) is 0 Å². The molecule has 3 aromatic rings. The zero-order chi connectivity index (χ0) is 15.6. The van der Waals surface area contributed by atoms with Gasteiger partial charge in [-0.25, -0.2) is 4.98 Å². The molecule has 4 nitrogen and oxygen atoms in total. The molecule has 0 atom stereocenters. The lowest BCUT2D eigenvalue weighted by atomic mass is 10.2. The molecule has 1 aromatic heterocycles. The smallest absolute Gasteiger partial charge is 0.161 e. The predicted molar refractivity (Wildman–Crippen MR) is 92.5 cm³/mol. The van der Waals surface area contributed by atoms with E-state index < -0.39 is 0 Å². The summed E-state index contributed by atoms with van der Waals surface area (Å²) in [6, 6.07) is 11.9. The molecule has 0 bridgehead atoms. The summed E-state index contributed by atoms with van der Waals surface area (Å²) in [6.07, 6.45) is 4.05. The van der Waals surface area contributed by atoms with Crippen molar-refractivity contribution in [3.8, 4) is 17.2 Å². The molecule has 0 saturated heterocycles. The van der Waals surface area contributed by atoms with E-state index in [0.29, 0.717) is 13.2 Å². The number of fused-ring (bicyclic) bond motifs is 2. The van der Waals surface area contributed by atoms with E-state index in [1.165, 1.54) is 0 Å². The van der Waals surface area contributed by atoms with Crippen LogP contribution in [0.4, 0.5) is 0 Å². The number of aromatic nitrogens is 1. The second-order valence-corrected chi connectivity index (χ2v) is 6.18. The topological polar surface area (TPSA) is 40.6 Å². The van der Waals surface area contributed by atoms with Gasteiger partial charge in [0.2, 0.25) is 0 Å². The van der Waals surface area contributed by atoms with E-state index in [9.17, 15) is 0 Å². The van der Waals surface area contributed by atoms with E-state index in [1.807, 2.05) is 48.6 Å². The van der Waals surface area contributed by atoms with Crippen molar-refractivity contribution in [2.24, 2.45) is 0 Å². The van der Waals surface area contributed by atoms with Gasteiger partial charge in [-0.1, -0.05) is 12.1 Å². The van der Waals surface area contributed by atoms with Crippen molar-refractivity contribution >= 4 is 33.7 Å². The number of methoxy groups -OCH3 is 1. The molecule has 1 aliphatic rings. The fourth-order valence-electron chi connectivity index (χ4n) is 2.45. The molecule has 0 saturated carbocycles. The number of hydrogen-bond donors (Lipinski definition) is 0. The SMILES string of the molecule is COc1ccc2nc(C=Cc3ccc4c(c3)OCCO4)sc2c1. The molecular weight excluding hydrogens is 310 g/mol. The normalized spacial score (nSPS) is 13.6. The third-order valence-corrected chi connectivity index (χ3v) is 4.58. The first-order valence-corrected chi connectivity index (χ1v) is 8.16. The lowest BCUT2D eigenvalue weighted by molar-refractivity contribution is 0.171. The number of benzene rings is 2.